The maximum absolute atomic E-state index is 11.1. The zero-order valence-electron chi connectivity index (χ0n) is 11.3. The van der Waals surface area contributed by atoms with Crippen molar-refractivity contribution in [3.05, 3.63) is 23.5 Å². The van der Waals surface area contributed by atoms with Crippen molar-refractivity contribution in [2.75, 3.05) is 13.7 Å². The van der Waals surface area contributed by atoms with Gasteiger partial charge < -0.3 is 21.1 Å². The van der Waals surface area contributed by atoms with Crippen molar-refractivity contribution in [3.63, 3.8) is 0 Å². The minimum atomic E-state index is -0.587. The van der Waals surface area contributed by atoms with Crippen LogP contribution in [0.25, 0.3) is 0 Å². The van der Waals surface area contributed by atoms with Gasteiger partial charge in [0.25, 0.3) is 5.91 Å². The summed E-state index contributed by atoms with van der Waals surface area (Å²) in [6.45, 7) is 1.23. The maximum Gasteiger partial charge on any atom is 0.267 e. The van der Waals surface area contributed by atoms with Gasteiger partial charge in [0.05, 0.1) is 7.11 Å². The fourth-order valence-corrected chi connectivity index (χ4v) is 2.13. The van der Waals surface area contributed by atoms with Gasteiger partial charge in [-0.25, -0.2) is 0 Å². The van der Waals surface area contributed by atoms with E-state index in [1.165, 1.54) is 13.2 Å². The van der Waals surface area contributed by atoms with E-state index < -0.39 is 5.91 Å². The van der Waals surface area contributed by atoms with Gasteiger partial charge in [-0.15, -0.1) is 0 Å². The van der Waals surface area contributed by atoms with Gasteiger partial charge in [-0.3, -0.25) is 14.6 Å². The molecule has 108 valence electrons. The van der Waals surface area contributed by atoms with Crippen molar-refractivity contribution in [1.29, 1.82) is 0 Å². The Hall–Kier alpha value is -2.15. The molecule has 1 aliphatic heterocycles. The molecule has 1 fully saturated rings. The van der Waals surface area contributed by atoms with Gasteiger partial charge >= 0.3 is 0 Å². The number of rotatable bonds is 6. The van der Waals surface area contributed by atoms with E-state index in [-0.39, 0.29) is 17.6 Å². The molecule has 2 rings (SSSR count). The summed E-state index contributed by atoms with van der Waals surface area (Å²) < 4.78 is 5.22. The Labute approximate surface area is 116 Å². The van der Waals surface area contributed by atoms with Crippen LogP contribution in [0.3, 0.4) is 0 Å². The Bertz CT molecular complexity index is 518. The first-order valence-electron chi connectivity index (χ1n) is 6.43. The Morgan fingerprint density at radius 2 is 2.45 bits per heavy atom. The average Bonchev–Trinajstić information content (AvgIpc) is 2.84. The van der Waals surface area contributed by atoms with Crippen LogP contribution in [0.15, 0.2) is 12.3 Å². The number of amides is 2. The fourth-order valence-electron chi connectivity index (χ4n) is 2.13. The minimum Gasteiger partial charge on any atom is -0.496 e. The Kier molecular flexibility index (Phi) is 4.52. The molecular weight excluding hydrogens is 260 g/mol. The second kappa shape index (κ2) is 6.33. The number of carbonyl (C=O) groups is 2. The number of methoxy groups -OCH3 is 1. The first kappa shape index (κ1) is 14.3. The van der Waals surface area contributed by atoms with Crippen LogP contribution in [0.1, 0.15) is 28.9 Å². The number of hydrogen-bond donors (Lipinski definition) is 3. The van der Waals surface area contributed by atoms with Gasteiger partial charge in [-0.2, -0.15) is 0 Å². The molecule has 0 aliphatic carbocycles. The third-order valence-electron chi connectivity index (χ3n) is 3.21. The summed E-state index contributed by atoms with van der Waals surface area (Å²) in [5, 5.41) is 6.12. The van der Waals surface area contributed by atoms with Gasteiger partial charge in [0.2, 0.25) is 5.91 Å². The molecule has 7 nitrogen and oxygen atoms in total. The van der Waals surface area contributed by atoms with Crippen LogP contribution >= 0.6 is 0 Å². The van der Waals surface area contributed by atoms with Crippen molar-refractivity contribution in [3.8, 4) is 5.75 Å². The largest absolute Gasteiger partial charge is 0.496 e. The molecule has 0 unspecified atom stereocenters. The van der Waals surface area contributed by atoms with E-state index >= 15 is 0 Å². The number of carbonyl (C=O) groups excluding carboxylic acids is 2. The lowest BCUT2D eigenvalue weighted by atomic mass is 10.2. The van der Waals surface area contributed by atoms with E-state index in [0.29, 0.717) is 25.3 Å². The van der Waals surface area contributed by atoms with Crippen molar-refractivity contribution in [2.24, 2.45) is 5.73 Å². The molecule has 2 heterocycles. The second-order valence-corrected chi connectivity index (χ2v) is 4.68. The molecule has 4 N–H and O–H groups in total. The Balaban J connectivity index is 1.92. The van der Waals surface area contributed by atoms with Crippen molar-refractivity contribution in [2.45, 2.75) is 25.4 Å². The molecule has 1 saturated heterocycles. The van der Waals surface area contributed by atoms with Crippen molar-refractivity contribution < 1.29 is 14.3 Å². The van der Waals surface area contributed by atoms with E-state index in [4.69, 9.17) is 10.5 Å². The molecule has 0 aromatic carbocycles. The van der Waals surface area contributed by atoms with Gasteiger partial charge in [-0.05, 0) is 6.42 Å². The molecular formula is C13H18N4O3. The molecule has 0 saturated carbocycles. The highest BCUT2D eigenvalue weighted by Crippen LogP contribution is 2.18. The topological polar surface area (TPSA) is 106 Å². The molecule has 20 heavy (non-hydrogen) atoms. The zero-order valence-corrected chi connectivity index (χ0v) is 11.3. The van der Waals surface area contributed by atoms with Gasteiger partial charge in [0, 0.05) is 43.4 Å². The minimum absolute atomic E-state index is 0.0989. The number of hydrogen-bond acceptors (Lipinski definition) is 5. The molecule has 0 spiro atoms. The predicted molar refractivity (Wildman–Crippen MR) is 72.2 cm³/mol. The lowest BCUT2D eigenvalue weighted by molar-refractivity contribution is -0.119. The van der Waals surface area contributed by atoms with Crippen LogP contribution in [-0.4, -0.2) is 36.5 Å². The zero-order chi connectivity index (χ0) is 14.5. The highest BCUT2D eigenvalue weighted by atomic mass is 16.5. The Morgan fingerprint density at radius 3 is 3.05 bits per heavy atom. The van der Waals surface area contributed by atoms with E-state index in [1.807, 2.05) is 0 Å². The van der Waals surface area contributed by atoms with E-state index in [1.54, 1.807) is 6.20 Å². The maximum atomic E-state index is 11.1. The summed E-state index contributed by atoms with van der Waals surface area (Å²) in [4.78, 5) is 26.1. The Morgan fingerprint density at radius 1 is 1.65 bits per heavy atom. The fraction of sp³-hybridized carbons (Fsp3) is 0.462. The molecule has 1 aromatic rings. The molecule has 2 amide bonds. The van der Waals surface area contributed by atoms with Crippen LogP contribution < -0.4 is 21.1 Å². The van der Waals surface area contributed by atoms with Crippen molar-refractivity contribution >= 4 is 11.8 Å². The summed E-state index contributed by atoms with van der Waals surface area (Å²) >= 11 is 0. The van der Waals surface area contributed by atoms with E-state index in [9.17, 15) is 9.59 Å². The molecule has 7 heteroatoms. The quantitative estimate of drug-likeness (QED) is 0.654. The summed E-state index contributed by atoms with van der Waals surface area (Å²) in [6.07, 6.45) is 3.01. The van der Waals surface area contributed by atoms with E-state index in [0.717, 1.165) is 12.0 Å². The molecule has 1 aromatic heterocycles. The number of primary amides is 1. The summed E-state index contributed by atoms with van der Waals surface area (Å²) in [5.74, 6) is 0.0788. The van der Waals surface area contributed by atoms with Crippen molar-refractivity contribution in [1.82, 2.24) is 15.6 Å². The lowest BCUT2D eigenvalue weighted by Gasteiger charge is -2.13. The van der Waals surface area contributed by atoms with Gasteiger partial charge in [-0.1, -0.05) is 0 Å². The van der Waals surface area contributed by atoms with Crippen LogP contribution in [0, 0.1) is 0 Å². The van der Waals surface area contributed by atoms with Crippen LogP contribution in [-0.2, 0) is 11.3 Å². The third-order valence-corrected chi connectivity index (χ3v) is 3.21. The first-order valence-corrected chi connectivity index (χ1v) is 6.43. The third kappa shape index (κ3) is 3.45. The summed E-state index contributed by atoms with van der Waals surface area (Å²) in [7, 11) is 1.53. The molecule has 1 aliphatic rings. The monoisotopic (exact) mass is 278 g/mol. The van der Waals surface area contributed by atoms with Crippen LogP contribution in [0.2, 0.25) is 0 Å². The summed E-state index contributed by atoms with van der Waals surface area (Å²) in [5.41, 5.74) is 6.18. The molecule has 0 radical (unpaired) electrons. The van der Waals surface area contributed by atoms with Crippen LogP contribution in [0.4, 0.5) is 0 Å². The van der Waals surface area contributed by atoms with Crippen LogP contribution in [0.5, 0.6) is 5.75 Å². The number of nitrogens with two attached hydrogens (primary N) is 1. The number of pyridine rings is 1. The van der Waals surface area contributed by atoms with E-state index in [2.05, 4.69) is 15.6 Å². The number of nitrogens with one attached hydrogen (secondary N) is 2. The lowest BCUT2D eigenvalue weighted by Crippen LogP contribution is -2.35. The van der Waals surface area contributed by atoms with Gasteiger partial charge in [0.1, 0.15) is 11.4 Å². The second-order valence-electron chi connectivity index (χ2n) is 4.68. The highest BCUT2D eigenvalue weighted by molar-refractivity contribution is 5.91. The smallest absolute Gasteiger partial charge is 0.267 e. The summed E-state index contributed by atoms with van der Waals surface area (Å²) in [6, 6.07) is 1.70. The SMILES string of the molecule is COc1cc(C(N)=O)ncc1CNC[C@@H]1CCC(=O)N1. The standard InChI is InChI=1S/C13H18N4O3/c1-20-11-4-10(13(14)19)16-6-8(11)5-15-7-9-2-3-12(18)17-9/h4,6,9,15H,2-3,5,7H2,1H3,(H2,14,19)(H,17,18)/t9-/m0/s1. The normalized spacial score (nSPS) is 17.9. The number of nitrogens with zero attached hydrogens (tertiary/aromatic N) is 1. The highest BCUT2D eigenvalue weighted by Gasteiger charge is 2.20. The number of aromatic nitrogens is 1. The van der Waals surface area contributed by atoms with Gasteiger partial charge in [0.15, 0.2) is 0 Å². The molecule has 1 atom stereocenters. The first-order chi connectivity index (χ1) is 9.60. The predicted octanol–water partition coefficient (Wildman–Crippen LogP) is -0.443. The molecule has 0 bridgehead atoms. The number of ether oxygens (including phenoxy) is 1. The average molecular weight is 278 g/mol.